The molecule has 19 heavy (non-hydrogen) atoms. The Hall–Kier alpha value is -1.62. The molecule has 5 nitrogen and oxygen atoms in total. The van der Waals surface area contributed by atoms with Gasteiger partial charge in [0.15, 0.2) is 0 Å². The number of hydrogen-bond acceptors (Lipinski definition) is 4. The van der Waals surface area contributed by atoms with Gasteiger partial charge in [0.2, 0.25) is 0 Å². The molecule has 1 amide bonds. The van der Waals surface area contributed by atoms with Crippen molar-refractivity contribution in [2.75, 3.05) is 6.54 Å². The highest BCUT2D eigenvalue weighted by Crippen LogP contribution is 2.21. The molecule has 0 spiro atoms. The molecular weight excluding hydrogens is 242 g/mol. The van der Waals surface area contributed by atoms with Gasteiger partial charge in [-0.3, -0.25) is 4.98 Å². The fraction of sp³-hybridized carbons (Fsp3) is 0.571. The van der Waals surface area contributed by atoms with E-state index < -0.39 is 5.60 Å². The predicted molar refractivity (Wildman–Crippen MR) is 72.5 cm³/mol. The van der Waals surface area contributed by atoms with E-state index in [0.29, 0.717) is 19.6 Å². The lowest BCUT2D eigenvalue weighted by Gasteiger charge is -2.31. The van der Waals surface area contributed by atoms with Crippen LogP contribution in [-0.4, -0.2) is 28.1 Å². The maximum Gasteiger partial charge on any atom is 0.410 e. The minimum absolute atomic E-state index is 0.260. The summed E-state index contributed by atoms with van der Waals surface area (Å²) in [7, 11) is 0. The minimum atomic E-state index is -0.460. The number of pyridine rings is 1. The van der Waals surface area contributed by atoms with Crippen molar-refractivity contribution in [3.05, 3.63) is 29.1 Å². The SMILES string of the molecule is CC(C)(C)OC(=O)N1CCc2cnc(CN)cc2C1. The van der Waals surface area contributed by atoms with Gasteiger partial charge >= 0.3 is 6.09 Å². The maximum atomic E-state index is 12.0. The normalized spacial score (nSPS) is 15.1. The van der Waals surface area contributed by atoms with Crippen molar-refractivity contribution >= 4 is 6.09 Å². The molecule has 0 saturated heterocycles. The van der Waals surface area contributed by atoms with E-state index >= 15 is 0 Å². The Kier molecular flexibility index (Phi) is 3.75. The number of carbonyl (C=O) groups is 1. The Balaban J connectivity index is 2.10. The van der Waals surface area contributed by atoms with Crippen LogP contribution in [0.1, 0.15) is 37.6 Å². The van der Waals surface area contributed by atoms with Crippen molar-refractivity contribution in [2.45, 2.75) is 45.9 Å². The van der Waals surface area contributed by atoms with Crippen LogP contribution in [0.2, 0.25) is 0 Å². The number of aromatic nitrogens is 1. The number of ether oxygens (including phenoxy) is 1. The number of amides is 1. The highest BCUT2D eigenvalue weighted by atomic mass is 16.6. The second-order valence-corrected chi connectivity index (χ2v) is 5.80. The van der Waals surface area contributed by atoms with Crippen LogP contribution < -0.4 is 5.73 Å². The smallest absolute Gasteiger partial charge is 0.410 e. The largest absolute Gasteiger partial charge is 0.444 e. The lowest BCUT2D eigenvalue weighted by Crippen LogP contribution is -2.40. The van der Waals surface area contributed by atoms with E-state index in [0.717, 1.165) is 17.7 Å². The molecule has 0 fully saturated rings. The van der Waals surface area contributed by atoms with Crippen LogP contribution >= 0.6 is 0 Å². The van der Waals surface area contributed by atoms with Gasteiger partial charge in [0.05, 0.1) is 5.69 Å². The molecule has 1 aliphatic heterocycles. The number of nitrogens with two attached hydrogens (primary N) is 1. The molecule has 0 saturated carbocycles. The second-order valence-electron chi connectivity index (χ2n) is 5.80. The topological polar surface area (TPSA) is 68.5 Å². The van der Waals surface area contributed by atoms with E-state index in [-0.39, 0.29) is 6.09 Å². The van der Waals surface area contributed by atoms with Gasteiger partial charge in [-0.1, -0.05) is 0 Å². The monoisotopic (exact) mass is 263 g/mol. The summed E-state index contributed by atoms with van der Waals surface area (Å²) in [6.45, 7) is 7.28. The molecule has 0 atom stereocenters. The molecule has 2 rings (SSSR count). The highest BCUT2D eigenvalue weighted by molar-refractivity contribution is 5.68. The van der Waals surface area contributed by atoms with Gasteiger partial charge in [-0.25, -0.2) is 4.79 Å². The molecule has 104 valence electrons. The first-order valence-corrected chi connectivity index (χ1v) is 6.54. The Labute approximate surface area is 113 Å². The first-order valence-electron chi connectivity index (χ1n) is 6.54. The van der Waals surface area contributed by atoms with Crippen molar-refractivity contribution in [1.82, 2.24) is 9.88 Å². The van der Waals surface area contributed by atoms with Gasteiger partial charge in [0, 0.05) is 25.8 Å². The van der Waals surface area contributed by atoms with Crippen LogP contribution in [-0.2, 0) is 24.2 Å². The van der Waals surface area contributed by atoms with E-state index in [1.54, 1.807) is 4.90 Å². The number of rotatable bonds is 1. The third-order valence-electron chi connectivity index (χ3n) is 3.01. The van der Waals surface area contributed by atoms with Gasteiger partial charge < -0.3 is 15.4 Å². The van der Waals surface area contributed by atoms with Gasteiger partial charge in [0.25, 0.3) is 0 Å². The van der Waals surface area contributed by atoms with Crippen LogP contribution in [0.4, 0.5) is 4.79 Å². The van der Waals surface area contributed by atoms with Gasteiger partial charge in [-0.15, -0.1) is 0 Å². The van der Waals surface area contributed by atoms with Gasteiger partial charge in [-0.2, -0.15) is 0 Å². The molecule has 5 heteroatoms. The van der Waals surface area contributed by atoms with E-state index in [9.17, 15) is 4.79 Å². The standard InChI is InChI=1S/C14H21N3O2/c1-14(2,3)19-13(18)17-5-4-10-8-16-12(7-15)6-11(10)9-17/h6,8H,4-5,7,9,15H2,1-3H3. The number of nitrogens with zero attached hydrogens (tertiary/aromatic N) is 2. The summed E-state index contributed by atoms with van der Waals surface area (Å²) in [5.74, 6) is 0. The number of hydrogen-bond donors (Lipinski definition) is 1. The van der Waals surface area contributed by atoms with E-state index in [1.807, 2.05) is 33.0 Å². The van der Waals surface area contributed by atoms with Gasteiger partial charge in [-0.05, 0) is 44.4 Å². The van der Waals surface area contributed by atoms with Crippen molar-refractivity contribution in [3.8, 4) is 0 Å². The molecule has 0 aromatic carbocycles. The molecule has 2 heterocycles. The number of fused-ring (bicyclic) bond motifs is 1. The average molecular weight is 263 g/mol. The predicted octanol–water partition coefficient (Wildman–Crippen LogP) is 1.83. The fourth-order valence-corrected chi connectivity index (χ4v) is 2.08. The summed E-state index contributed by atoms with van der Waals surface area (Å²) < 4.78 is 5.40. The van der Waals surface area contributed by atoms with Crippen LogP contribution in [0.25, 0.3) is 0 Å². The summed E-state index contributed by atoms with van der Waals surface area (Å²) in [5, 5.41) is 0. The lowest BCUT2D eigenvalue weighted by molar-refractivity contribution is 0.0223. The summed E-state index contributed by atoms with van der Waals surface area (Å²) in [6.07, 6.45) is 2.42. The summed E-state index contributed by atoms with van der Waals surface area (Å²) in [5.41, 5.74) is 8.29. The average Bonchev–Trinajstić information content (AvgIpc) is 2.35. The molecule has 1 aromatic heterocycles. The van der Waals surface area contributed by atoms with Crippen molar-refractivity contribution in [2.24, 2.45) is 5.73 Å². The maximum absolute atomic E-state index is 12.0. The quantitative estimate of drug-likeness (QED) is 0.839. The first kappa shape index (κ1) is 13.8. The van der Waals surface area contributed by atoms with E-state index in [1.165, 1.54) is 5.56 Å². The zero-order valence-corrected chi connectivity index (χ0v) is 11.8. The fourth-order valence-electron chi connectivity index (χ4n) is 2.08. The van der Waals surface area contributed by atoms with Crippen molar-refractivity contribution < 1.29 is 9.53 Å². The Morgan fingerprint density at radius 1 is 1.47 bits per heavy atom. The Morgan fingerprint density at radius 3 is 2.84 bits per heavy atom. The molecule has 1 aromatic rings. The molecule has 2 N–H and O–H groups in total. The zero-order valence-electron chi connectivity index (χ0n) is 11.8. The molecule has 1 aliphatic rings. The van der Waals surface area contributed by atoms with Crippen LogP contribution in [0, 0.1) is 0 Å². The Morgan fingerprint density at radius 2 is 2.21 bits per heavy atom. The summed E-state index contributed by atoms with van der Waals surface area (Å²) >= 11 is 0. The molecular formula is C14H21N3O2. The Bertz CT molecular complexity index is 480. The second kappa shape index (κ2) is 5.17. The first-order chi connectivity index (χ1) is 8.89. The van der Waals surface area contributed by atoms with Crippen LogP contribution in [0.15, 0.2) is 12.3 Å². The number of carbonyl (C=O) groups excluding carboxylic acids is 1. The molecule has 0 bridgehead atoms. The minimum Gasteiger partial charge on any atom is -0.444 e. The molecule has 0 radical (unpaired) electrons. The third-order valence-corrected chi connectivity index (χ3v) is 3.01. The van der Waals surface area contributed by atoms with Gasteiger partial charge in [0.1, 0.15) is 5.60 Å². The summed E-state index contributed by atoms with van der Waals surface area (Å²) in [6, 6.07) is 1.98. The van der Waals surface area contributed by atoms with Crippen molar-refractivity contribution in [3.63, 3.8) is 0 Å². The summed E-state index contributed by atoms with van der Waals surface area (Å²) in [4.78, 5) is 18.1. The highest BCUT2D eigenvalue weighted by Gasteiger charge is 2.25. The molecule has 0 unspecified atom stereocenters. The third kappa shape index (κ3) is 3.44. The zero-order chi connectivity index (χ0) is 14.0. The van der Waals surface area contributed by atoms with Crippen LogP contribution in [0.3, 0.4) is 0 Å². The lowest BCUT2D eigenvalue weighted by atomic mass is 10.0. The van der Waals surface area contributed by atoms with E-state index in [4.69, 9.17) is 10.5 Å². The van der Waals surface area contributed by atoms with E-state index in [2.05, 4.69) is 4.98 Å². The van der Waals surface area contributed by atoms with Crippen molar-refractivity contribution in [1.29, 1.82) is 0 Å². The van der Waals surface area contributed by atoms with Crippen LogP contribution in [0.5, 0.6) is 0 Å². The molecule has 0 aliphatic carbocycles.